The largest absolute Gasteiger partial charge is 0.473 e. The van der Waals surface area contributed by atoms with Crippen molar-refractivity contribution in [3.63, 3.8) is 0 Å². The van der Waals surface area contributed by atoms with Gasteiger partial charge in [0.25, 0.3) is 0 Å². The Bertz CT molecular complexity index is 428. The van der Waals surface area contributed by atoms with Crippen molar-refractivity contribution < 1.29 is 19.0 Å². The first kappa shape index (κ1) is 11.8. The van der Waals surface area contributed by atoms with E-state index in [2.05, 4.69) is 6.08 Å². The molecule has 0 amide bonds. The van der Waals surface area contributed by atoms with Gasteiger partial charge in [-0.3, -0.25) is 4.79 Å². The molecule has 4 aliphatic rings. The summed E-state index contributed by atoms with van der Waals surface area (Å²) >= 11 is 0. The van der Waals surface area contributed by atoms with E-state index in [1.54, 1.807) is 6.26 Å². The molecule has 0 aromatic rings. The van der Waals surface area contributed by atoms with E-state index in [1.165, 1.54) is 12.8 Å². The second-order valence-corrected chi connectivity index (χ2v) is 6.45. The minimum atomic E-state index is -0.252. The molecule has 0 N–H and O–H groups in total. The van der Waals surface area contributed by atoms with Crippen molar-refractivity contribution in [2.45, 2.75) is 56.8 Å². The van der Waals surface area contributed by atoms with E-state index >= 15 is 0 Å². The molecule has 4 nitrogen and oxygen atoms in total. The van der Waals surface area contributed by atoms with Crippen molar-refractivity contribution in [2.24, 2.45) is 11.3 Å². The minimum Gasteiger partial charge on any atom is -0.473 e. The third-order valence-electron chi connectivity index (χ3n) is 5.22. The summed E-state index contributed by atoms with van der Waals surface area (Å²) in [5.41, 5.74) is -0.314. The molecule has 3 atom stereocenters. The lowest BCUT2D eigenvalue weighted by Gasteiger charge is -2.45. The Morgan fingerprint density at radius 2 is 2.16 bits per heavy atom. The molecule has 0 aromatic carbocycles. The summed E-state index contributed by atoms with van der Waals surface area (Å²) in [5, 5.41) is 0. The number of fused-ring (bicyclic) bond motifs is 1. The van der Waals surface area contributed by atoms with Crippen molar-refractivity contribution in [2.75, 3.05) is 6.61 Å². The van der Waals surface area contributed by atoms with Crippen LogP contribution in [0, 0.1) is 11.3 Å². The molecule has 1 spiro atoms. The van der Waals surface area contributed by atoms with Crippen LogP contribution >= 0.6 is 0 Å². The highest BCUT2D eigenvalue weighted by atomic mass is 16.7. The van der Waals surface area contributed by atoms with E-state index in [9.17, 15) is 4.79 Å². The zero-order valence-electron chi connectivity index (χ0n) is 11.1. The van der Waals surface area contributed by atoms with Crippen LogP contribution in [0.15, 0.2) is 12.3 Å². The lowest BCUT2D eigenvalue weighted by Crippen LogP contribution is -2.49. The fourth-order valence-corrected chi connectivity index (χ4v) is 3.89. The average Bonchev–Trinajstić information content (AvgIpc) is 3.21. The maximum atomic E-state index is 11.8. The predicted molar refractivity (Wildman–Crippen MR) is 67.0 cm³/mol. The van der Waals surface area contributed by atoms with Crippen LogP contribution in [0.5, 0.6) is 0 Å². The Kier molecular flexibility index (Phi) is 2.47. The zero-order valence-corrected chi connectivity index (χ0v) is 11.1. The van der Waals surface area contributed by atoms with Crippen molar-refractivity contribution in [3.8, 4) is 0 Å². The highest BCUT2D eigenvalue weighted by Crippen LogP contribution is 2.58. The summed E-state index contributed by atoms with van der Waals surface area (Å²) in [6, 6.07) is 0. The van der Waals surface area contributed by atoms with Gasteiger partial charge in [0, 0.05) is 11.8 Å². The highest BCUT2D eigenvalue weighted by Gasteiger charge is 2.62. The van der Waals surface area contributed by atoms with Crippen molar-refractivity contribution in [3.05, 3.63) is 12.3 Å². The molecule has 0 aromatic heterocycles. The van der Waals surface area contributed by atoms with Crippen molar-refractivity contribution in [1.82, 2.24) is 0 Å². The molecule has 2 saturated carbocycles. The van der Waals surface area contributed by atoms with Crippen LogP contribution in [-0.2, 0) is 19.0 Å². The number of rotatable bonds is 3. The number of carbonyl (C=O) groups excluding carboxylic acids is 1. The van der Waals surface area contributed by atoms with Crippen LogP contribution in [0.4, 0.5) is 0 Å². The van der Waals surface area contributed by atoms with Crippen LogP contribution in [0.1, 0.15) is 44.9 Å². The number of hydrogen-bond donors (Lipinski definition) is 0. The number of hydrogen-bond acceptors (Lipinski definition) is 4. The number of ether oxygens (including phenoxy) is 3. The molecule has 104 valence electrons. The molecule has 2 heterocycles. The second kappa shape index (κ2) is 3.98. The molecule has 4 heteroatoms. The second-order valence-electron chi connectivity index (χ2n) is 6.45. The fourth-order valence-electron chi connectivity index (χ4n) is 3.89. The van der Waals surface area contributed by atoms with Crippen molar-refractivity contribution in [1.29, 1.82) is 0 Å². The van der Waals surface area contributed by atoms with Crippen LogP contribution in [0.3, 0.4) is 0 Å². The minimum absolute atomic E-state index is 0.0126. The van der Waals surface area contributed by atoms with Gasteiger partial charge in [0.2, 0.25) is 6.29 Å². The molecule has 1 saturated heterocycles. The lowest BCUT2D eigenvalue weighted by molar-refractivity contribution is -0.173. The zero-order chi connectivity index (χ0) is 12.9. The van der Waals surface area contributed by atoms with E-state index in [0.717, 1.165) is 32.1 Å². The van der Waals surface area contributed by atoms with Crippen LogP contribution < -0.4 is 0 Å². The lowest BCUT2D eigenvalue weighted by atomic mass is 9.63. The summed E-state index contributed by atoms with van der Waals surface area (Å²) in [4.78, 5) is 11.8. The Balaban J connectivity index is 1.55. The van der Waals surface area contributed by atoms with E-state index in [1.807, 2.05) is 0 Å². The van der Waals surface area contributed by atoms with Gasteiger partial charge < -0.3 is 14.2 Å². The molecular formula is C15H20O4. The van der Waals surface area contributed by atoms with Gasteiger partial charge in [-0.15, -0.1) is 0 Å². The Morgan fingerprint density at radius 1 is 1.32 bits per heavy atom. The fraction of sp³-hybridized carbons (Fsp3) is 0.800. The van der Waals surface area contributed by atoms with E-state index in [0.29, 0.717) is 6.61 Å². The summed E-state index contributed by atoms with van der Waals surface area (Å²) < 4.78 is 17.2. The predicted octanol–water partition coefficient (Wildman–Crippen LogP) is 2.53. The molecule has 4 rings (SSSR count). The van der Waals surface area contributed by atoms with Crippen LogP contribution in [-0.4, -0.2) is 24.5 Å². The van der Waals surface area contributed by atoms with Gasteiger partial charge in [0.05, 0.1) is 12.2 Å². The van der Waals surface area contributed by atoms with Crippen molar-refractivity contribution >= 4 is 5.97 Å². The smallest absolute Gasteiger partial charge is 0.308 e. The first-order valence-electron chi connectivity index (χ1n) is 7.41. The summed E-state index contributed by atoms with van der Waals surface area (Å²) in [5.74, 6) is 0.158. The molecule has 2 bridgehead atoms. The van der Waals surface area contributed by atoms with Gasteiger partial charge in [-0.05, 0) is 31.8 Å². The maximum Gasteiger partial charge on any atom is 0.308 e. The first-order valence-corrected chi connectivity index (χ1v) is 7.41. The third-order valence-corrected chi connectivity index (χ3v) is 5.22. The Labute approximate surface area is 113 Å². The van der Waals surface area contributed by atoms with Gasteiger partial charge in [0.1, 0.15) is 12.2 Å². The quantitative estimate of drug-likeness (QED) is 0.735. The highest BCUT2D eigenvalue weighted by molar-refractivity contribution is 5.74. The molecular weight excluding hydrogens is 244 g/mol. The molecule has 2 aliphatic carbocycles. The summed E-state index contributed by atoms with van der Waals surface area (Å²) in [7, 11) is 0. The molecule has 0 radical (unpaired) electrons. The van der Waals surface area contributed by atoms with Gasteiger partial charge in [-0.25, -0.2) is 0 Å². The summed E-state index contributed by atoms with van der Waals surface area (Å²) in [6.45, 7) is 0.493. The molecule has 3 fully saturated rings. The Hall–Kier alpha value is -1.03. The standard InChI is InChI=1S/C15H20O4/c16-13(11-3-4-11)18-10-14-5-1-2-6-15(14)7-8-17-12(9-14)19-15/h7-8,11-12H,1-6,9-10H2/t12-,14+,15-/m1/s1. The van der Waals surface area contributed by atoms with E-state index in [-0.39, 0.29) is 29.2 Å². The SMILES string of the molecule is O=C(OC[C@@]12CCCC[C@@]13C=CO[C@@H](C2)O3)C1CC1. The maximum absolute atomic E-state index is 11.8. The topological polar surface area (TPSA) is 44.8 Å². The first-order chi connectivity index (χ1) is 9.23. The molecule has 19 heavy (non-hydrogen) atoms. The van der Waals surface area contributed by atoms with Gasteiger partial charge >= 0.3 is 5.97 Å². The molecule has 0 unspecified atom stereocenters. The van der Waals surface area contributed by atoms with Gasteiger partial charge in [-0.2, -0.15) is 0 Å². The number of carbonyl (C=O) groups is 1. The van der Waals surface area contributed by atoms with E-state index in [4.69, 9.17) is 14.2 Å². The average molecular weight is 264 g/mol. The van der Waals surface area contributed by atoms with E-state index < -0.39 is 0 Å². The summed E-state index contributed by atoms with van der Waals surface area (Å²) in [6.07, 6.45) is 11.0. The van der Waals surface area contributed by atoms with Gasteiger partial charge in [-0.1, -0.05) is 12.8 Å². The Morgan fingerprint density at radius 3 is 3.00 bits per heavy atom. The molecule has 2 aliphatic heterocycles. The number of esters is 1. The van der Waals surface area contributed by atoms with Gasteiger partial charge in [0.15, 0.2) is 0 Å². The monoisotopic (exact) mass is 264 g/mol. The normalized spacial score (nSPS) is 43.5. The van der Waals surface area contributed by atoms with Crippen LogP contribution in [0.25, 0.3) is 0 Å². The van der Waals surface area contributed by atoms with Crippen LogP contribution in [0.2, 0.25) is 0 Å². The third kappa shape index (κ3) is 1.72.